The number of hydrogen-bond donors (Lipinski definition) is 1. The summed E-state index contributed by atoms with van der Waals surface area (Å²) < 4.78 is 10.8. The van der Waals surface area contributed by atoms with Crippen molar-refractivity contribution < 1.29 is 14.3 Å². The molecule has 0 unspecified atom stereocenters. The Hall–Kier alpha value is -1.59. The molecule has 1 aromatic rings. The van der Waals surface area contributed by atoms with Gasteiger partial charge in [-0.2, -0.15) is 0 Å². The molecule has 0 saturated carbocycles. The van der Waals surface area contributed by atoms with Crippen molar-refractivity contribution in [3.05, 3.63) is 29.3 Å². The summed E-state index contributed by atoms with van der Waals surface area (Å²) in [7, 11) is 1.71. The predicted molar refractivity (Wildman–Crippen MR) is 138 cm³/mol. The SMILES string of the molecule is CCNC(=NCCc1ccc(C)c(OC)c1)N1CCN(CC(=O)N2CCOCC2)CC1.I. The molecule has 2 heterocycles. The molecule has 32 heavy (non-hydrogen) atoms. The fourth-order valence-corrected chi connectivity index (χ4v) is 3.96. The highest BCUT2D eigenvalue weighted by molar-refractivity contribution is 14.0. The molecular formula is C23H38IN5O3. The summed E-state index contributed by atoms with van der Waals surface area (Å²) in [6.07, 6.45) is 0.875. The Morgan fingerprint density at radius 1 is 1.12 bits per heavy atom. The second-order valence-electron chi connectivity index (χ2n) is 8.05. The number of guanidine groups is 1. The van der Waals surface area contributed by atoms with E-state index >= 15 is 0 Å². The van der Waals surface area contributed by atoms with E-state index in [2.05, 4.69) is 47.2 Å². The summed E-state index contributed by atoms with van der Waals surface area (Å²) in [4.78, 5) is 23.8. The van der Waals surface area contributed by atoms with E-state index in [1.807, 2.05) is 4.90 Å². The minimum absolute atomic E-state index is 0. The quantitative estimate of drug-likeness (QED) is 0.311. The molecule has 2 aliphatic heterocycles. The molecule has 2 fully saturated rings. The number of aliphatic imine (C=N–C) groups is 1. The van der Waals surface area contributed by atoms with Gasteiger partial charge in [0.25, 0.3) is 0 Å². The molecular weight excluding hydrogens is 521 g/mol. The number of piperazine rings is 1. The van der Waals surface area contributed by atoms with Gasteiger partial charge in [-0.1, -0.05) is 12.1 Å². The molecule has 8 nitrogen and oxygen atoms in total. The number of aryl methyl sites for hydroxylation is 1. The van der Waals surface area contributed by atoms with E-state index in [-0.39, 0.29) is 29.9 Å². The maximum Gasteiger partial charge on any atom is 0.236 e. The van der Waals surface area contributed by atoms with Crippen molar-refractivity contribution in [2.75, 3.05) is 79.2 Å². The van der Waals surface area contributed by atoms with Crippen LogP contribution in [0.15, 0.2) is 23.2 Å². The summed E-state index contributed by atoms with van der Waals surface area (Å²) in [5.74, 6) is 2.10. The molecule has 0 aromatic heterocycles. The van der Waals surface area contributed by atoms with Crippen LogP contribution in [-0.2, 0) is 16.0 Å². The van der Waals surface area contributed by atoms with Gasteiger partial charge in [0, 0.05) is 52.4 Å². The molecule has 0 aliphatic carbocycles. The number of ether oxygens (including phenoxy) is 2. The van der Waals surface area contributed by atoms with Gasteiger partial charge in [-0.25, -0.2) is 0 Å². The second-order valence-corrected chi connectivity index (χ2v) is 8.05. The van der Waals surface area contributed by atoms with Crippen LogP contribution in [0, 0.1) is 6.92 Å². The monoisotopic (exact) mass is 559 g/mol. The molecule has 1 N–H and O–H groups in total. The molecule has 180 valence electrons. The van der Waals surface area contributed by atoms with Crippen LogP contribution in [0.4, 0.5) is 0 Å². The van der Waals surface area contributed by atoms with E-state index in [1.165, 1.54) is 5.56 Å². The van der Waals surface area contributed by atoms with E-state index in [9.17, 15) is 4.79 Å². The third-order valence-electron chi connectivity index (χ3n) is 5.86. The highest BCUT2D eigenvalue weighted by Gasteiger charge is 2.24. The van der Waals surface area contributed by atoms with E-state index in [0.29, 0.717) is 32.8 Å². The van der Waals surface area contributed by atoms with Gasteiger partial charge < -0.3 is 24.6 Å². The molecule has 0 atom stereocenters. The first-order valence-electron chi connectivity index (χ1n) is 11.4. The summed E-state index contributed by atoms with van der Waals surface area (Å²) in [6, 6.07) is 6.34. The molecule has 9 heteroatoms. The number of morpholine rings is 1. The number of nitrogens with zero attached hydrogens (tertiary/aromatic N) is 4. The maximum atomic E-state index is 12.5. The van der Waals surface area contributed by atoms with Crippen molar-refractivity contribution in [3.8, 4) is 5.75 Å². The van der Waals surface area contributed by atoms with E-state index in [1.54, 1.807) is 7.11 Å². The zero-order chi connectivity index (χ0) is 22.1. The van der Waals surface area contributed by atoms with Crippen molar-refractivity contribution in [3.63, 3.8) is 0 Å². The molecule has 1 amide bonds. The fourth-order valence-electron chi connectivity index (χ4n) is 3.96. The molecule has 0 radical (unpaired) electrons. The van der Waals surface area contributed by atoms with Crippen LogP contribution in [0.5, 0.6) is 5.75 Å². The molecule has 0 spiro atoms. The lowest BCUT2D eigenvalue weighted by Gasteiger charge is -2.37. The molecule has 1 aromatic carbocycles. The van der Waals surface area contributed by atoms with Gasteiger partial charge in [0.1, 0.15) is 5.75 Å². The first-order chi connectivity index (χ1) is 15.1. The Bertz CT molecular complexity index is 747. The average molecular weight is 559 g/mol. The third kappa shape index (κ3) is 7.77. The second kappa shape index (κ2) is 13.8. The maximum absolute atomic E-state index is 12.5. The minimum atomic E-state index is 0. The van der Waals surface area contributed by atoms with Crippen molar-refractivity contribution in [2.24, 2.45) is 4.99 Å². The average Bonchev–Trinajstić information content (AvgIpc) is 2.80. The van der Waals surface area contributed by atoms with Crippen LogP contribution in [0.2, 0.25) is 0 Å². The fraction of sp³-hybridized carbons (Fsp3) is 0.652. The van der Waals surface area contributed by atoms with Gasteiger partial charge in [0.2, 0.25) is 5.91 Å². The van der Waals surface area contributed by atoms with Gasteiger partial charge in [-0.3, -0.25) is 14.7 Å². The molecule has 0 bridgehead atoms. The van der Waals surface area contributed by atoms with Crippen LogP contribution >= 0.6 is 24.0 Å². The lowest BCUT2D eigenvalue weighted by molar-refractivity contribution is -0.136. The van der Waals surface area contributed by atoms with Gasteiger partial charge in [-0.05, 0) is 37.5 Å². The summed E-state index contributed by atoms with van der Waals surface area (Å²) in [5, 5.41) is 3.42. The zero-order valence-corrected chi connectivity index (χ0v) is 22.0. The predicted octanol–water partition coefficient (Wildman–Crippen LogP) is 1.61. The summed E-state index contributed by atoms with van der Waals surface area (Å²) in [5.41, 5.74) is 2.38. The van der Waals surface area contributed by atoms with Gasteiger partial charge in [0.05, 0.1) is 26.9 Å². The van der Waals surface area contributed by atoms with Crippen LogP contribution in [0.1, 0.15) is 18.1 Å². The Labute approximate surface area is 209 Å². The normalized spacial score (nSPS) is 17.7. The van der Waals surface area contributed by atoms with Crippen LogP contribution < -0.4 is 10.1 Å². The topological polar surface area (TPSA) is 69.6 Å². The van der Waals surface area contributed by atoms with E-state index < -0.39 is 0 Å². The lowest BCUT2D eigenvalue weighted by Crippen LogP contribution is -2.55. The number of rotatable bonds is 7. The van der Waals surface area contributed by atoms with Crippen molar-refractivity contribution in [1.82, 2.24) is 20.0 Å². The number of benzene rings is 1. The molecule has 2 aliphatic rings. The van der Waals surface area contributed by atoms with E-state index in [0.717, 1.165) is 63.0 Å². The first-order valence-corrected chi connectivity index (χ1v) is 11.4. The van der Waals surface area contributed by atoms with Crippen LogP contribution in [-0.4, -0.2) is 106 Å². The highest BCUT2D eigenvalue weighted by atomic mass is 127. The third-order valence-corrected chi connectivity index (χ3v) is 5.86. The largest absolute Gasteiger partial charge is 0.496 e. The Balaban J connectivity index is 0.00000363. The number of halogens is 1. The first kappa shape index (κ1) is 26.7. The molecule has 3 rings (SSSR count). The van der Waals surface area contributed by atoms with Crippen molar-refractivity contribution in [1.29, 1.82) is 0 Å². The molecule has 2 saturated heterocycles. The number of methoxy groups -OCH3 is 1. The standard InChI is InChI=1S/C23H37N5O3.HI/c1-4-24-23(25-8-7-20-6-5-19(2)21(17-20)30-3)28-11-9-26(10-12-28)18-22(29)27-13-15-31-16-14-27;/h5-6,17H,4,7-16,18H2,1-3H3,(H,24,25);1H. The van der Waals surface area contributed by atoms with E-state index in [4.69, 9.17) is 14.5 Å². The summed E-state index contributed by atoms with van der Waals surface area (Å²) >= 11 is 0. The smallest absolute Gasteiger partial charge is 0.236 e. The Morgan fingerprint density at radius 3 is 2.50 bits per heavy atom. The van der Waals surface area contributed by atoms with Crippen LogP contribution in [0.3, 0.4) is 0 Å². The van der Waals surface area contributed by atoms with Crippen molar-refractivity contribution >= 4 is 35.8 Å². The zero-order valence-electron chi connectivity index (χ0n) is 19.6. The van der Waals surface area contributed by atoms with Crippen LogP contribution in [0.25, 0.3) is 0 Å². The Kier molecular flexibility index (Phi) is 11.5. The number of hydrogen-bond acceptors (Lipinski definition) is 5. The highest BCUT2D eigenvalue weighted by Crippen LogP contribution is 2.19. The minimum Gasteiger partial charge on any atom is -0.496 e. The van der Waals surface area contributed by atoms with Gasteiger partial charge in [0.15, 0.2) is 5.96 Å². The van der Waals surface area contributed by atoms with Crippen molar-refractivity contribution in [2.45, 2.75) is 20.3 Å². The van der Waals surface area contributed by atoms with Gasteiger partial charge in [-0.15, -0.1) is 24.0 Å². The number of carbonyl (C=O) groups excluding carboxylic acids is 1. The number of carbonyl (C=O) groups is 1. The number of amides is 1. The lowest BCUT2D eigenvalue weighted by atomic mass is 10.1. The van der Waals surface area contributed by atoms with Gasteiger partial charge >= 0.3 is 0 Å². The Morgan fingerprint density at radius 2 is 1.84 bits per heavy atom. The number of nitrogens with one attached hydrogen (secondary N) is 1. The summed E-state index contributed by atoms with van der Waals surface area (Å²) in [6.45, 7) is 12.4.